The molecule has 1 atom stereocenters. The molecule has 68 valence electrons. The highest BCUT2D eigenvalue weighted by Gasteiger charge is 2.22. The van der Waals surface area contributed by atoms with Gasteiger partial charge >= 0.3 is 5.97 Å². The van der Waals surface area contributed by atoms with Crippen molar-refractivity contribution in [3.8, 4) is 0 Å². The molecule has 0 bridgehead atoms. The maximum atomic E-state index is 11.0. The van der Waals surface area contributed by atoms with Crippen LogP contribution in [-0.4, -0.2) is 13.1 Å². The van der Waals surface area contributed by atoms with E-state index in [4.69, 9.17) is 0 Å². The minimum Gasteiger partial charge on any atom is -0.469 e. The van der Waals surface area contributed by atoms with Gasteiger partial charge in [-0.2, -0.15) is 0 Å². The van der Waals surface area contributed by atoms with E-state index in [0.717, 1.165) is 12.8 Å². The molecule has 0 radical (unpaired) electrons. The topological polar surface area (TPSA) is 26.3 Å². The Morgan fingerprint density at radius 2 is 2.50 bits per heavy atom. The molecule has 1 aliphatic carbocycles. The average Bonchev–Trinajstić information content (AvgIpc) is 2.51. The van der Waals surface area contributed by atoms with Crippen LogP contribution in [-0.2, 0) is 9.53 Å². The van der Waals surface area contributed by atoms with Crippen LogP contribution in [0.25, 0.3) is 0 Å². The molecular formula is C10H16O2. The third kappa shape index (κ3) is 2.10. The Morgan fingerprint density at radius 1 is 1.75 bits per heavy atom. The van der Waals surface area contributed by atoms with Gasteiger partial charge in [0.05, 0.1) is 13.5 Å². The van der Waals surface area contributed by atoms with E-state index >= 15 is 0 Å². The zero-order chi connectivity index (χ0) is 8.97. The van der Waals surface area contributed by atoms with Crippen LogP contribution in [0.5, 0.6) is 0 Å². The third-order valence-corrected chi connectivity index (χ3v) is 2.55. The number of carbonyl (C=O) groups is 1. The van der Waals surface area contributed by atoms with E-state index in [0.29, 0.717) is 12.3 Å². The highest BCUT2D eigenvalue weighted by molar-refractivity contribution is 5.70. The van der Waals surface area contributed by atoms with Crippen molar-refractivity contribution >= 4 is 5.97 Å². The summed E-state index contributed by atoms with van der Waals surface area (Å²) in [4.78, 5) is 11.0. The van der Waals surface area contributed by atoms with E-state index in [2.05, 4.69) is 10.8 Å². The second-order valence-corrected chi connectivity index (χ2v) is 3.23. The van der Waals surface area contributed by atoms with Gasteiger partial charge in [0.2, 0.25) is 0 Å². The number of esters is 1. The summed E-state index contributed by atoms with van der Waals surface area (Å²) >= 11 is 0. The third-order valence-electron chi connectivity index (χ3n) is 2.55. The van der Waals surface area contributed by atoms with E-state index in [9.17, 15) is 4.79 Å². The van der Waals surface area contributed by atoms with Gasteiger partial charge < -0.3 is 4.74 Å². The fourth-order valence-corrected chi connectivity index (χ4v) is 1.84. The Kier molecular flexibility index (Phi) is 3.32. The molecule has 2 heteroatoms. The first-order valence-electron chi connectivity index (χ1n) is 4.49. The van der Waals surface area contributed by atoms with Gasteiger partial charge in [-0.15, -0.1) is 0 Å². The smallest absolute Gasteiger partial charge is 0.306 e. The molecule has 12 heavy (non-hydrogen) atoms. The highest BCUT2D eigenvalue weighted by atomic mass is 16.5. The summed E-state index contributed by atoms with van der Waals surface area (Å²) in [5.41, 5.74) is 1.43. The van der Waals surface area contributed by atoms with E-state index in [-0.39, 0.29) is 5.97 Å². The summed E-state index contributed by atoms with van der Waals surface area (Å²) in [5.74, 6) is 0.378. The van der Waals surface area contributed by atoms with Crippen molar-refractivity contribution in [1.29, 1.82) is 0 Å². The van der Waals surface area contributed by atoms with Crippen LogP contribution >= 0.6 is 0 Å². The van der Waals surface area contributed by atoms with Crippen LogP contribution in [0.1, 0.15) is 32.6 Å². The molecular weight excluding hydrogens is 152 g/mol. The number of rotatable bonds is 2. The monoisotopic (exact) mass is 168 g/mol. The van der Waals surface area contributed by atoms with Gasteiger partial charge in [-0.05, 0) is 32.1 Å². The van der Waals surface area contributed by atoms with Gasteiger partial charge in [-0.3, -0.25) is 4.79 Å². The maximum Gasteiger partial charge on any atom is 0.306 e. The molecule has 0 saturated heterocycles. The first-order chi connectivity index (χ1) is 5.77. The molecule has 0 N–H and O–H groups in total. The Labute approximate surface area is 73.6 Å². The lowest BCUT2D eigenvalue weighted by molar-refractivity contribution is -0.141. The molecule has 0 heterocycles. The molecule has 1 unspecified atom stereocenters. The largest absolute Gasteiger partial charge is 0.469 e. The van der Waals surface area contributed by atoms with Crippen LogP contribution in [0.3, 0.4) is 0 Å². The summed E-state index contributed by atoms with van der Waals surface area (Å²) in [6.07, 6.45) is 6.24. The van der Waals surface area contributed by atoms with Crippen molar-refractivity contribution in [2.24, 2.45) is 5.92 Å². The zero-order valence-corrected chi connectivity index (χ0v) is 7.80. The lowest BCUT2D eigenvalue weighted by Gasteiger charge is -2.09. The molecule has 0 aliphatic heterocycles. The Bertz CT molecular complexity index is 194. The first-order valence-corrected chi connectivity index (χ1v) is 4.49. The van der Waals surface area contributed by atoms with Gasteiger partial charge in [0.1, 0.15) is 0 Å². The number of allylic oxidation sites excluding steroid dienone is 2. The van der Waals surface area contributed by atoms with Crippen molar-refractivity contribution in [1.82, 2.24) is 0 Å². The lowest BCUT2D eigenvalue weighted by atomic mass is 9.99. The van der Waals surface area contributed by atoms with Gasteiger partial charge in [-0.1, -0.05) is 11.6 Å². The van der Waals surface area contributed by atoms with E-state index in [1.165, 1.54) is 19.1 Å². The molecule has 1 rings (SSSR count). The summed E-state index contributed by atoms with van der Waals surface area (Å²) in [6, 6.07) is 0. The minimum absolute atomic E-state index is 0.0822. The molecule has 0 aromatic heterocycles. The SMILES string of the molecule is C/C=C1\CCCC1CC(=O)OC. The summed E-state index contributed by atoms with van der Waals surface area (Å²) in [7, 11) is 1.45. The van der Waals surface area contributed by atoms with Crippen molar-refractivity contribution in [3.05, 3.63) is 11.6 Å². The summed E-state index contributed by atoms with van der Waals surface area (Å²) in [5, 5.41) is 0. The van der Waals surface area contributed by atoms with Gasteiger partial charge in [0.25, 0.3) is 0 Å². The lowest BCUT2D eigenvalue weighted by Crippen LogP contribution is -2.08. The van der Waals surface area contributed by atoms with Crippen molar-refractivity contribution in [2.45, 2.75) is 32.6 Å². The van der Waals surface area contributed by atoms with Gasteiger partial charge in [-0.25, -0.2) is 0 Å². The fraction of sp³-hybridized carbons (Fsp3) is 0.700. The quantitative estimate of drug-likeness (QED) is 0.467. The Morgan fingerprint density at radius 3 is 3.08 bits per heavy atom. The predicted molar refractivity (Wildman–Crippen MR) is 47.7 cm³/mol. The molecule has 0 aromatic carbocycles. The van der Waals surface area contributed by atoms with Crippen LogP contribution in [0.2, 0.25) is 0 Å². The summed E-state index contributed by atoms with van der Waals surface area (Å²) in [6.45, 7) is 2.05. The second kappa shape index (κ2) is 4.29. The van der Waals surface area contributed by atoms with Gasteiger partial charge in [0, 0.05) is 0 Å². The molecule has 1 fully saturated rings. The number of hydrogen-bond acceptors (Lipinski definition) is 2. The number of ether oxygens (including phenoxy) is 1. The average molecular weight is 168 g/mol. The Balaban J connectivity index is 2.46. The minimum atomic E-state index is -0.0822. The van der Waals surface area contributed by atoms with Crippen LogP contribution < -0.4 is 0 Å². The fourth-order valence-electron chi connectivity index (χ4n) is 1.84. The number of methoxy groups -OCH3 is 1. The number of hydrogen-bond donors (Lipinski definition) is 0. The molecule has 1 saturated carbocycles. The van der Waals surface area contributed by atoms with Crippen molar-refractivity contribution < 1.29 is 9.53 Å². The second-order valence-electron chi connectivity index (χ2n) is 3.23. The normalized spacial score (nSPS) is 26.2. The van der Waals surface area contributed by atoms with Crippen molar-refractivity contribution in [3.63, 3.8) is 0 Å². The highest BCUT2D eigenvalue weighted by Crippen LogP contribution is 2.33. The standard InChI is InChI=1S/C10H16O2/c1-3-8-5-4-6-9(8)7-10(11)12-2/h3,9H,4-7H2,1-2H3/b8-3+. The van der Waals surface area contributed by atoms with Crippen LogP contribution in [0.4, 0.5) is 0 Å². The first kappa shape index (κ1) is 9.30. The van der Waals surface area contributed by atoms with E-state index < -0.39 is 0 Å². The molecule has 0 spiro atoms. The molecule has 0 aromatic rings. The zero-order valence-electron chi connectivity index (χ0n) is 7.80. The molecule has 0 amide bonds. The Hall–Kier alpha value is -0.790. The van der Waals surface area contributed by atoms with Crippen LogP contribution in [0, 0.1) is 5.92 Å². The summed E-state index contributed by atoms with van der Waals surface area (Å²) < 4.78 is 4.64. The van der Waals surface area contributed by atoms with E-state index in [1.54, 1.807) is 0 Å². The van der Waals surface area contributed by atoms with E-state index in [1.807, 2.05) is 6.92 Å². The van der Waals surface area contributed by atoms with Gasteiger partial charge in [0.15, 0.2) is 0 Å². The van der Waals surface area contributed by atoms with Crippen LogP contribution in [0.15, 0.2) is 11.6 Å². The molecule has 1 aliphatic rings. The maximum absolute atomic E-state index is 11.0. The number of carbonyl (C=O) groups excluding carboxylic acids is 1. The predicted octanol–water partition coefficient (Wildman–Crippen LogP) is 2.30. The van der Waals surface area contributed by atoms with Crippen molar-refractivity contribution in [2.75, 3.05) is 7.11 Å². The molecule has 2 nitrogen and oxygen atoms in total.